The van der Waals surface area contributed by atoms with Crippen LogP contribution < -0.4 is 5.73 Å². The Hall–Kier alpha value is -3.26. The number of Topliss-reactive ketones (excluding diaryl/α,β-unsaturated/α-hetero) is 1. The maximum Gasteiger partial charge on any atom is 0.256 e. The molecule has 168 valence electrons. The van der Waals surface area contributed by atoms with Gasteiger partial charge in [0.25, 0.3) is 5.91 Å². The molecule has 0 radical (unpaired) electrons. The van der Waals surface area contributed by atoms with Crippen LogP contribution in [0.1, 0.15) is 36.8 Å². The smallest absolute Gasteiger partial charge is 0.256 e. The van der Waals surface area contributed by atoms with E-state index >= 15 is 0 Å². The number of allylic oxidation sites excluding steroid dienone is 2. The molecule has 3 aliphatic carbocycles. The van der Waals surface area contributed by atoms with Crippen molar-refractivity contribution in [1.82, 2.24) is 4.90 Å². The summed E-state index contributed by atoms with van der Waals surface area (Å²) in [4.78, 5) is 27.5. The molecule has 4 aliphatic rings. The van der Waals surface area contributed by atoms with Crippen molar-refractivity contribution in [3.8, 4) is 5.75 Å². The van der Waals surface area contributed by atoms with Crippen LogP contribution in [0.5, 0.6) is 5.75 Å². The molecule has 3 atom stereocenters. The van der Waals surface area contributed by atoms with Gasteiger partial charge in [-0.2, -0.15) is 0 Å². The average Bonchev–Trinajstić information content (AvgIpc) is 2.74. The van der Waals surface area contributed by atoms with Crippen molar-refractivity contribution < 1.29 is 30.0 Å². The third kappa shape index (κ3) is 2.86. The lowest BCUT2D eigenvalue weighted by Crippen LogP contribution is -2.54. The van der Waals surface area contributed by atoms with Gasteiger partial charge in [-0.1, -0.05) is 18.6 Å². The van der Waals surface area contributed by atoms with Gasteiger partial charge in [-0.3, -0.25) is 14.5 Å². The highest BCUT2D eigenvalue weighted by Gasteiger charge is 2.51. The molecule has 1 aromatic rings. The quantitative estimate of drug-likeness (QED) is 0.446. The fraction of sp³-hybridized carbons (Fsp3) is 0.417. The number of hydrogen-bond acceptors (Lipinski definition) is 7. The summed E-state index contributed by atoms with van der Waals surface area (Å²) in [6.07, 6.45) is 3.77. The molecule has 0 bridgehead atoms. The fourth-order valence-electron chi connectivity index (χ4n) is 5.99. The van der Waals surface area contributed by atoms with Gasteiger partial charge in [0.1, 0.15) is 28.6 Å². The van der Waals surface area contributed by atoms with Crippen molar-refractivity contribution in [2.75, 3.05) is 13.1 Å². The topological polar surface area (TPSA) is 144 Å². The number of amides is 1. The number of phenols is 1. The zero-order valence-electron chi connectivity index (χ0n) is 17.5. The first-order valence-corrected chi connectivity index (χ1v) is 11.0. The summed E-state index contributed by atoms with van der Waals surface area (Å²) in [6, 6.07) is 4.26. The second-order valence-corrected chi connectivity index (χ2v) is 9.07. The van der Waals surface area contributed by atoms with E-state index in [-0.39, 0.29) is 39.9 Å². The lowest BCUT2D eigenvalue weighted by Gasteiger charge is -2.46. The number of rotatable bonds is 2. The van der Waals surface area contributed by atoms with Crippen molar-refractivity contribution in [3.05, 3.63) is 57.6 Å². The molecule has 6 N–H and O–H groups in total. The Balaban J connectivity index is 1.73. The highest BCUT2D eigenvalue weighted by atomic mass is 16.3. The summed E-state index contributed by atoms with van der Waals surface area (Å²) < 4.78 is 0. The summed E-state index contributed by atoms with van der Waals surface area (Å²) in [5.74, 6) is -3.70. The number of aliphatic hydroxyl groups is 3. The number of carbonyl (C=O) groups is 2. The molecule has 0 saturated carbocycles. The van der Waals surface area contributed by atoms with Crippen molar-refractivity contribution in [2.45, 2.75) is 38.1 Å². The lowest BCUT2D eigenvalue weighted by molar-refractivity contribution is -0.127. The van der Waals surface area contributed by atoms with E-state index in [9.17, 15) is 30.0 Å². The SMILES string of the molecule is NC(=O)C1=C(O)C2=C(O)C3=C(O)c4c(O)cccc4C[C@H]3C[C@H]2[C@@H](N2CCCCC2)C1=O. The maximum absolute atomic E-state index is 13.3. The predicted molar refractivity (Wildman–Crippen MR) is 116 cm³/mol. The summed E-state index contributed by atoms with van der Waals surface area (Å²) in [6.45, 7) is 1.37. The van der Waals surface area contributed by atoms with E-state index in [1.54, 1.807) is 6.07 Å². The molecule has 32 heavy (non-hydrogen) atoms. The number of aromatic hydroxyl groups is 1. The Bertz CT molecular complexity index is 1130. The molecular weight excluding hydrogens is 412 g/mol. The normalized spacial score (nSPS) is 28.4. The number of aliphatic hydroxyl groups excluding tert-OH is 3. The Kier molecular flexibility index (Phi) is 4.78. The minimum Gasteiger partial charge on any atom is -0.507 e. The standard InChI is InChI=1S/C24H26N2O6/c25-24(32)18-22(30)17-13(19(23(18)31)26-7-2-1-3-8-26)10-12-9-11-5-4-6-14(27)15(11)20(28)16(12)21(17)29/h4-6,12-13,19,27-30H,1-3,7-10H2,(H2,25,32)/t12-,13+,19+/m0/s1. The van der Waals surface area contributed by atoms with Gasteiger partial charge in [0.2, 0.25) is 0 Å². The van der Waals surface area contributed by atoms with E-state index in [1.165, 1.54) is 6.07 Å². The second-order valence-electron chi connectivity index (χ2n) is 9.07. The molecule has 1 fully saturated rings. The molecule has 5 rings (SSSR count). The number of piperidine rings is 1. The number of hydrogen-bond donors (Lipinski definition) is 5. The molecule has 8 nitrogen and oxygen atoms in total. The van der Waals surface area contributed by atoms with Crippen molar-refractivity contribution in [2.24, 2.45) is 17.6 Å². The van der Waals surface area contributed by atoms with Gasteiger partial charge in [-0.15, -0.1) is 0 Å². The van der Waals surface area contributed by atoms with E-state index in [2.05, 4.69) is 0 Å². The number of phenolic OH excluding ortho intramolecular Hbond substituents is 1. The molecule has 1 amide bonds. The molecule has 1 saturated heterocycles. The Labute approximate surface area is 185 Å². The first-order valence-electron chi connectivity index (χ1n) is 11.0. The van der Waals surface area contributed by atoms with Crippen LogP contribution in [0.15, 0.2) is 46.4 Å². The number of likely N-dealkylation sites (tertiary alicyclic amines) is 1. The van der Waals surface area contributed by atoms with E-state index in [0.717, 1.165) is 24.8 Å². The number of ketones is 1. The zero-order chi connectivity index (χ0) is 22.7. The number of fused-ring (bicyclic) bond motifs is 3. The third-order valence-corrected chi connectivity index (χ3v) is 7.33. The van der Waals surface area contributed by atoms with Crippen molar-refractivity contribution in [1.29, 1.82) is 0 Å². The van der Waals surface area contributed by atoms with Crippen LogP contribution in [0.25, 0.3) is 5.76 Å². The second kappa shape index (κ2) is 7.41. The van der Waals surface area contributed by atoms with E-state index < -0.39 is 35.0 Å². The van der Waals surface area contributed by atoms with Gasteiger partial charge in [-0.05, 0) is 56.3 Å². The minimum atomic E-state index is -1.04. The molecule has 1 aliphatic heterocycles. The van der Waals surface area contributed by atoms with Crippen LogP contribution in [0.4, 0.5) is 0 Å². The highest BCUT2D eigenvalue weighted by molar-refractivity contribution is 6.22. The molecule has 0 unspecified atom stereocenters. The molecule has 0 aromatic heterocycles. The molecule has 8 heteroatoms. The van der Waals surface area contributed by atoms with Gasteiger partial charge in [0.05, 0.1) is 11.6 Å². The molecular formula is C24H26N2O6. The summed E-state index contributed by atoms with van der Waals surface area (Å²) >= 11 is 0. The summed E-state index contributed by atoms with van der Waals surface area (Å²) in [5.41, 5.74) is 6.24. The van der Waals surface area contributed by atoms with Crippen LogP contribution in [0, 0.1) is 11.8 Å². The average molecular weight is 438 g/mol. The van der Waals surface area contributed by atoms with Crippen molar-refractivity contribution in [3.63, 3.8) is 0 Å². The third-order valence-electron chi connectivity index (χ3n) is 7.33. The molecule has 0 spiro atoms. The number of benzene rings is 1. The zero-order valence-corrected chi connectivity index (χ0v) is 17.5. The first kappa shape index (κ1) is 20.6. The Morgan fingerprint density at radius 1 is 0.969 bits per heavy atom. The Morgan fingerprint density at radius 3 is 2.38 bits per heavy atom. The molecule has 1 aromatic carbocycles. The lowest BCUT2D eigenvalue weighted by atomic mass is 9.64. The largest absolute Gasteiger partial charge is 0.507 e. The van der Waals surface area contributed by atoms with Crippen LogP contribution in [0.2, 0.25) is 0 Å². The van der Waals surface area contributed by atoms with E-state index in [1.807, 2.05) is 11.0 Å². The Morgan fingerprint density at radius 2 is 1.69 bits per heavy atom. The number of primary amides is 1. The van der Waals surface area contributed by atoms with Crippen LogP contribution in [0.3, 0.4) is 0 Å². The number of nitrogens with zero attached hydrogens (tertiary/aromatic N) is 1. The summed E-state index contributed by atoms with van der Waals surface area (Å²) in [7, 11) is 0. The van der Waals surface area contributed by atoms with Crippen LogP contribution >= 0.6 is 0 Å². The van der Waals surface area contributed by atoms with Gasteiger partial charge < -0.3 is 26.2 Å². The fourth-order valence-corrected chi connectivity index (χ4v) is 5.99. The monoisotopic (exact) mass is 438 g/mol. The highest BCUT2D eigenvalue weighted by Crippen LogP contribution is 2.51. The predicted octanol–water partition coefficient (Wildman–Crippen LogP) is 2.40. The van der Waals surface area contributed by atoms with Gasteiger partial charge >= 0.3 is 0 Å². The number of nitrogens with two attached hydrogens (primary N) is 1. The number of carbonyl (C=O) groups excluding carboxylic acids is 2. The van der Waals surface area contributed by atoms with Gasteiger partial charge in [0, 0.05) is 17.1 Å². The van der Waals surface area contributed by atoms with E-state index in [4.69, 9.17) is 5.73 Å². The summed E-state index contributed by atoms with van der Waals surface area (Å²) in [5, 5.41) is 43.4. The van der Waals surface area contributed by atoms with Gasteiger partial charge in [0.15, 0.2) is 5.78 Å². The van der Waals surface area contributed by atoms with Crippen LogP contribution in [-0.4, -0.2) is 56.1 Å². The van der Waals surface area contributed by atoms with Gasteiger partial charge in [-0.25, -0.2) is 0 Å². The van der Waals surface area contributed by atoms with Crippen LogP contribution in [-0.2, 0) is 16.0 Å². The molecule has 1 heterocycles. The minimum absolute atomic E-state index is 0.0747. The van der Waals surface area contributed by atoms with Crippen molar-refractivity contribution >= 4 is 17.4 Å². The first-order chi connectivity index (χ1) is 15.3. The van der Waals surface area contributed by atoms with E-state index in [0.29, 0.717) is 25.9 Å². The maximum atomic E-state index is 13.3.